The molecule has 2 bridgehead atoms. The number of pyridine rings is 1. The summed E-state index contributed by atoms with van der Waals surface area (Å²) in [6.45, 7) is -0.247. The molecule has 4 aliphatic heterocycles. The fourth-order valence-corrected chi connectivity index (χ4v) is 11.7. The van der Waals surface area contributed by atoms with Crippen molar-refractivity contribution in [2.75, 3.05) is 43.9 Å². The zero-order valence-electron chi connectivity index (χ0n) is 33.2. The molecule has 330 valence electrons. The van der Waals surface area contributed by atoms with Crippen LogP contribution in [0.5, 0.6) is 11.5 Å². The molecule has 1 unspecified atom stereocenters. The third kappa shape index (κ3) is 10.3. The van der Waals surface area contributed by atoms with Gasteiger partial charge in [-0.25, -0.2) is 18.0 Å². The van der Waals surface area contributed by atoms with Gasteiger partial charge in [-0.15, -0.1) is 11.8 Å². The molecule has 62 heavy (non-hydrogen) atoms. The molecule has 4 saturated heterocycles. The van der Waals surface area contributed by atoms with Gasteiger partial charge in [-0.2, -0.15) is 17.8 Å². The SMILES string of the molecule is O=C(O[C@H]1CN2CCC1CC2)C(Nc1cccc(S(=O)(=O)N2CCS[C@H]2C(=O)O[C@@H](Cc2c(Cl)c[n+]([O-])cc2Cl)c2ccc(OC(F)F)c(OCC3CC3)c2)c1)c1ccccc1. The first-order valence-corrected chi connectivity index (χ1v) is 23.5. The molecule has 5 fully saturated rings. The Morgan fingerprint density at radius 2 is 1.66 bits per heavy atom. The molecule has 3 aromatic carbocycles. The third-order valence-corrected chi connectivity index (χ3v) is 15.3. The van der Waals surface area contributed by atoms with Gasteiger partial charge in [0.15, 0.2) is 35.3 Å². The monoisotopic (exact) mass is 932 g/mol. The van der Waals surface area contributed by atoms with Crippen LogP contribution in [0.4, 0.5) is 14.5 Å². The van der Waals surface area contributed by atoms with Crippen LogP contribution in [0.25, 0.3) is 0 Å². The van der Waals surface area contributed by atoms with Crippen molar-refractivity contribution < 1.29 is 50.5 Å². The van der Waals surface area contributed by atoms with Crippen molar-refractivity contribution in [3.63, 3.8) is 0 Å². The minimum absolute atomic E-state index is 0.00639. The molecule has 4 atom stereocenters. The molecule has 5 heterocycles. The number of hydrogen-bond donors (Lipinski definition) is 1. The molecule has 4 aromatic rings. The van der Waals surface area contributed by atoms with Crippen molar-refractivity contribution >= 4 is 62.6 Å². The van der Waals surface area contributed by atoms with E-state index in [1.807, 2.05) is 18.2 Å². The normalized spacial score (nSPS) is 22.2. The highest BCUT2D eigenvalue weighted by Gasteiger charge is 2.43. The molecule has 5 aliphatic rings. The predicted molar refractivity (Wildman–Crippen MR) is 228 cm³/mol. The van der Waals surface area contributed by atoms with E-state index >= 15 is 0 Å². The summed E-state index contributed by atoms with van der Waals surface area (Å²) in [5.41, 5.74) is 1.52. The lowest BCUT2D eigenvalue weighted by molar-refractivity contribution is -0.605. The molecular weight excluding hydrogens is 890 g/mol. The first-order valence-electron chi connectivity index (χ1n) is 20.3. The zero-order valence-corrected chi connectivity index (χ0v) is 36.4. The van der Waals surface area contributed by atoms with Crippen LogP contribution in [-0.2, 0) is 35.5 Å². The average molecular weight is 934 g/mol. The van der Waals surface area contributed by atoms with Crippen LogP contribution < -0.4 is 19.5 Å². The van der Waals surface area contributed by atoms with E-state index in [1.54, 1.807) is 24.3 Å². The summed E-state index contributed by atoms with van der Waals surface area (Å²) in [5, 5.41) is 13.9. The van der Waals surface area contributed by atoms with Crippen molar-refractivity contribution in [3.8, 4) is 11.5 Å². The number of alkyl halides is 2. The van der Waals surface area contributed by atoms with E-state index in [0.717, 1.165) is 67.2 Å². The lowest BCUT2D eigenvalue weighted by Gasteiger charge is -2.44. The van der Waals surface area contributed by atoms with E-state index in [9.17, 15) is 32.0 Å². The van der Waals surface area contributed by atoms with Crippen molar-refractivity contribution in [2.45, 2.75) is 67.2 Å². The summed E-state index contributed by atoms with van der Waals surface area (Å²) >= 11 is 14.0. The number of fused-ring (bicyclic) bond motifs is 3. The van der Waals surface area contributed by atoms with E-state index in [2.05, 4.69) is 10.2 Å². The Balaban J connectivity index is 1.04. The second kappa shape index (κ2) is 19.2. The predicted octanol–water partition coefficient (Wildman–Crippen LogP) is 7.40. The minimum atomic E-state index is -4.35. The van der Waals surface area contributed by atoms with E-state index in [1.165, 1.54) is 30.3 Å². The Labute approximate surface area is 372 Å². The number of sulfonamides is 1. The Kier molecular flexibility index (Phi) is 13.7. The molecule has 0 radical (unpaired) electrons. The maximum absolute atomic E-state index is 14.4. The highest BCUT2D eigenvalue weighted by Crippen LogP contribution is 2.40. The number of aromatic nitrogens is 1. The number of rotatable bonds is 17. The number of carbonyl (C=O) groups excluding carboxylic acids is 2. The van der Waals surface area contributed by atoms with Crippen molar-refractivity contribution in [3.05, 3.63) is 117 Å². The number of nitrogens with one attached hydrogen (secondary N) is 1. The number of hydrogen-bond acceptors (Lipinski definition) is 12. The number of halogens is 4. The van der Waals surface area contributed by atoms with Gasteiger partial charge < -0.3 is 29.5 Å². The molecular formula is C43H44Cl2F2N4O9S2. The van der Waals surface area contributed by atoms with Crippen molar-refractivity contribution in [1.82, 2.24) is 9.21 Å². The van der Waals surface area contributed by atoms with Crippen LogP contribution in [0.3, 0.4) is 0 Å². The van der Waals surface area contributed by atoms with Crippen LogP contribution >= 0.6 is 35.0 Å². The molecule has 19 heteroatoms. The maximum atomic E-state index is 14.4. The van der Waals surface area contributed by atoms with Crippen molar-refractivity contribution in [1.29, 1.82) is 0 Å². The Morgan fingerprint density at radius 1 is 0.919 bits per heavy atom. The van der Waals surface area contributed by atoms with Gasteiger partial charge in [0.2, 0.25) is 10.0 Å². The Hall–Kier alpha value is -4.39. The second-order valence-electron chi connectivity index (χ2n) is 15.7. The number of nitrogens with zero attached hydrogens (tertiary/aromatic N) is 3. The number of thioether (sulfide) groups is 1. The van der Waals surface area contributed by atoms with E-state index in [0.29, 0.717) is 28.4 Å². The van der Waals surface area contributed by atoms with Gasteiger partial charge in [0.05, 0.1) is 11.5 Å². The van der Waals surface area contributed by atoms with Crippen LogP contribution in [0.2, 0.25) is 10.0 Å². The molecule has 0 amide bonds. The highest BCUT2D eigenvalue weighted by atomic mass is 35.5. The lowest BCUT2D eigenvalue weighted by atomic mass is 9.86. The standard InChI is InChI=1S/C43H44Cl2F2N4O9S2/c44-33-22-50(54)23-34(45)32(33)21-36(29-11-12-35(60-43(46)47)37(19-29)57-25-26-9-10-26)58-42(53)40-51(17-18-61-40)62(55,56)31-8-4-7-30(20-31)48-39(28-5-2-1-3-6-28)41(52)59-38-24-49-15-13-27(38)14-16-49/h1-8,11-12,19-20,22-23,26-27,36,38-40,43,48H,9-10,13-18,21,24-25H2/t36-,38-,39?,40-/m0/s1. The van der Waals surface area contributed by atoms with Crippen molar-refractivity contribution in [2.24, 2.45) is 11.8 Å². The largest absolute Gasteiger partial charge is 0.619 e. The Bertz CT molecular complexity index is 2350. The number of carbonyl (C=O) groups is 2. The second-order valence-corrected chi connectivity index (χ2v) is 19.6. The number of esters is 2. The first-order chi connectivity index (χ1) is 29.8. The summed E-state index contributed by atoms with van der Waals surface area (Å²) in [6.07, 6.45) is 4.33. The quantitative estimate of drug-likeness (QED) is 0.0639. The first kappa shape index (κ1) is 44.2. The summed E-state index contributed by atoms with van der Waals surface area (Å²) in [4.78, 5) is 30.2. The van der Waals surface area contributed by atoms with Gasteiger partial charge in [0, 0.05) is 36.5 Å². The molecule has 1 aliphatic carbocycles. The van der Waals surface area contributed by atoms with E-state index < -0.39 is 46.1 Å². The van der Waals surface area contributed by atoms with E-state index in [-0.39, 0.29) is 74.9 Å². The smallest absolute Gasteiger partial charge is 0.387 e. The summed E-state index contributed by atoms with van der Waals surface area (Å²) in [6, 6.07) is 18.2. The molecule has 13 nitrogen and oxygen atoms in total. The topological polar surface area (TPSA) is 151 Å². The number of anilines is 1. The summed E-state index contributed by atoms with van der Waals surface area (Å²) < 4.78 is 79.9. The number of ether oxygens (including phenoxy) is 4. The van der Waals surface area contributed by atoms with E-state index in [4.69, 9.17) is 42.1 Å². The Morgan fingerprint density at radius 3 is 2.34 bits per heavy atom. The lowest BCUT2D eigenvalue weighted by Crippen LogP contribution is -2.52. The summed E-state index contributed by atoms with van der Waals surface area (Å²) in [7, 11) is -4.35. The fraction of sp³-hybridized carbons (Fsp3) is 0.419. The van der Waals surface area contributed by atoms with Gasteiger partial charge in [-0.05, 0) is 92.1 Å². The number of benzene rings is 3. The van der Waals surface area contributed by atoms with Crippen LogP contribution in [0.1, 0.15) is 54.5 Å². The van der Waals surface area contributed by atoms with Crippen LogP contribution in [0.15, 0.2) is 90.1 Å². The van der Waals surface area contributed by atoms with Gasteiger partial charge >= 0.3 is 18.6 Å². The molecule has 1 aromatic heterocycles. The van der Waals surface area contributed by atoms with Crippen LogP contribution in [0, 0.1) is 17.0 Å². The van der Waals surface area contributed by atoms with Gasteiger partial charge in [0.25, 0.3) is 0 Å². The third-order valence-electron chi connectivity index (χ3n) is 11.5. The van der Waals surface area contributed by atoms with Gasteiger partial charge in [0.1, 0.15) is 22.3 Å². The van der Waals surface area contributed by atoms with Gasteiger partial charge in [-0.3, -0.25) is 4.90 Å². The zero-order chi connectivity index (χ0) is 43.5. The molecule has 9 rings (SSSR count). The van der Waals surface area contributed by atoms with Gasteiger partial charge in [-0.1, -0.05) is 65.7 Å². The molecule has 1 saturated carbocycles. The fourth-order valence-electron chi connectivity index (χ4n) is 7.98. The molecule has 1 N–H and O–H groups in total. The molecule has 0 spiro atoms. The summed E-state index contributed by atoms with van der Waals surface area (Å²) in [5.74, 6) is -0.796. The highest BCUT2D eigenvalue weighted by molar-refractivity contribution is 8.02. The minimum Gasteiger partial charge on any atom is -0.619 e. The maximum Gasteiger partial charge on any atom is 0.387 e. The average Bonchev–Trinajstić information content (AvgIpc) is 3.95. The number of piperidine rings is 3. The van der Waals surface area contributed by atoms with Crippen LogP contribution in [-0.4, -0.2) is 86.2 Å².